The van der Waals surface area contributed by atoms with Gasteiger partial charge in [0, 0.05) is 32.6 Å². The zero-order valence-electron chi connectivity index (χ0n) is 15.5. The van der Waals surface area contributed by atoms with Crippen LogP contribution in [0.5, 0.6) is 0 Å². The molecule has 0 bridgehead atoms. The van der Waals surface area contributed by atoms with E-state index in [2.05, 4.69) is 0 Å². The fraction of sp³-hybridized carbons (Fsp3) is 0.895. The van der Waals surface area contributed by atoms with Crippen molar-refractivity contribution in [3.63, 3.8) is 0 Å². The van der Waals surface area contributed by atoms with Crippen LogP contribution in [0.1, 0.15) is 77.0 Å². The van der Waals surface area contributed by atoms with Crippen molar-refractivity contribution in [1.29, 1.82) is 0 Å². The Morgan fingerprint density at radius 1 is 0.875 bits per heavy atom. The molecule has 0 heterocycles. The molecule has 0 aromatic carbocycles. The van der Waals surface area contributed by atoms with Gasteiger partial charge in [-0.25, -0.2) is 0 Å². The van der Waals surface area contributed by atoms with Gasteiger partial charge in [-0.15, -0.1) is 0 Å². The Hall–Kier alpha value is -1.10. The van der Waals surface area contributed by atoms with Crippen molar-refractivity contribution in [3.8, 4) is 0 Å². The third-order valence-corrected chi connectivity index (χ3v) is 5.97. The van der Waals surface area contributed by atoms with E-state index in [4.69, 9.17) is 5.73 Å². The number of nitrogens with zero attached hydrogens (tertiary/aromatic N) is 2. The van der Waals surface area contributed by atoms with Gasteiger partial charge < -0.3 is 15.5 Å². The molecule has 2 N–H and O–H groups in total. The molecule has 0 aromatic rings. The van der Waals surface area contributed by atoms with Crippen molar-refractivity contribution >= 4 is 11.8 Å². The summed E-state index contributed by atoms with van der Waals surface area (Å²) in [6.07, 6.45) is 12.6. The van der Waals surface area contributed by atoms with E-state index in [-0.39, 0.29) is 11.8 Å². The van der Waals surface area contributed by atoms with Crippen molar-refractivity contribution in [2.75, 3.05) is 14.1 Å². The van der Waals surface area contributed by atoms with Gasteiger partial charge in [-0.2, -0.15) is 0 Å². The van der Waals surface area contributed by atoms with Crippen LogP contribution in [0.15, 0.2) is 0 Å². The zero-order chi connectivity index (χ0) is 17.5. The first-order valence-electron chi connectivity index (χ1n) is 9.78. The second kappa shape index (κ2) is 9.40. The monoisotopic (exact) mass is 337 g/mol. The molecule has 5 nitrogen and oxygen atoms in total. The van der Waals surface area contributed by atoms with Crippen LogP contribution in [-0.4, -0.2) is 53.8 Å². The molecule has 2 saturated carbocycles. The molecule has 2 fully saturated rings. The van der Waals surface area contributed by atoms with E-state index >= 15 is 0 Å². The predicted molar refractivity (Wildman–Crippen MR) is 96.5 cm³/mol. The number of hydrogen-bond donors (Lipinski definition) is 1. The number of likely N-dealkylation sites (N-methyl/N-ethyl adjacent to an activating group) is 1. The minimum absolute atomic E-state index is 0.00461. The zero-order valence-corrected chi connectivity index (χ0v) is 15.5. The van der Waals surface area contributed by atoms with Crippen molar-refractivity contribution in [2.24, 2.45) is 5.73 Å². The molecule has 1 atom stereocenters. The highest BCUT2D eigenvalue weighted by Gasteiger charge is 2.27. The minimum atomic E-state index is -0.555. The number of carbonyl (C=O) groups excluding carboxylic acids is 2. The average molecular weight is 338 g/mol. The van der Waals surface area contributed by atoms with Gasteiger partial charge in [0.05, 0.1) is 6.04 Å². The van der Waals surface area contributed by atoms with Gasteiger partial charge in [0.15, 0.2) is 0 Å². The fourth-order valence-electron chi connectivity index (χ4n) is 4.16. The molecule has 138 valence electrons. The van der Waals surface area contributed by atoms with Crippen LogP contribution >= 0.6 is 0 Å². The molecule has 0 unspecified atom stereocenters. The van der Waals surface area contributed by atoms with E-state index in [1.807, 2.05) is 23.9 Å². The molecule has 24 heavy (non-hydrogen) atoms. The fourth-order valence-corrected chi connectivity index (χ4v) is 4.16. The SMILES string of the molecule is CN(C(=O)CC[C@H](N)C(=O)N(C)C1CCCCC1)C1CCCCC1. The van der Waals surface area contributed by atoms with Crippen LogP contribution < -0.4 is 5.73 Å². The van der Waals surface area contributed by atoms with Gasteiger partial charge in [-0.1, -0.05) is 38.5 Å². The minimum Gasteiger partial charge on any atom is -0.343 e. The quantitative estimate of drug-likeness (QED) is 0.810. The molecule has 0 radical (unpaired) electrons. The summed E-state index contributed by atoms with van der Waals surface area (Å²) in [6, 6.07) is 0.154. The summed E-state index contributed by atoms with van der Waals surface area (Å²) in [5.41, 5.74) is 6.09. The Morgan fingerprint density at radius 2 is 1.33 bits per heavy atom. The lowest BCUT2D eigenvalue weighted by Crippen LogP contribution is -2.47. The van der Waals surface area contributed by atoms with Crippen LogP contribution in [0.2, 0.25) is 0 Å². The molecule has 5 heteroatoms. The maximum absolute atomic E-state index is 12.5. The highest BCUT2D eigenvalue weighted by Crippen LogP contribution is 2.23. The van der Waals surface area contributed by atoms with Crippen molar-refractivity contribution < 1.29 is 9.59 Å². The van der Waals surface area contributed by atoms with Gasteiger partial charge >= 0.3 is 0 Å². The highest BCUT2D eigenvalue weighted by atomic mass is 16.2. The summed E-state index contributed by atoms with van der Waals surface area (Å²) in [7, 11) is 3.77. The molecule has 2 aliphatic rings. The van der Waals surface area contributed by atoms with E-state index in [0.29, 0.717) is 24.9 Å². The molecule has 0 saturated heterocycles. The molecular weight excluding hydrogens is 302 g/mol. The molecule has 2 aliphatic carbocycles. The van der Waals surface area contributed by atoms with Crippen LogP contribution in [0.3, 0.4) is 0 Å². The number of hydrogen-bond acceptors (Lipinski definition) is 3. The first-order chi connectivity index (χ1) is 11.5. The van der Waals surface area contributed by atoms with E-state index < -0.39 is 6.04 Å². The summed E-state index contributed by atoms with van der Waals surface area (Å²) < 4.78 is 0. The molecule has 0 aliphatic heterocycles. The van der Waals surface area contributed by atoms with Crippen molar-refractivity contribution in [3.05, 3.63) is 0 Å². The average Bonchev–Trinajstić information content (AvgIpc) is 2.65. The number of amides is 2. The number of nitrogens with two attached hydrogens (primary N) is 1. The number of rotatable bonds is 6. The normalized spacial score (nSPS) is 21.3. The van der Waals surface area contributed by atoms with Gasteiger partial charge in [-0.3, -0.25) is 9.59 Å². The van der Waals surface area contributed by atoms with Crippen LogP contribution in [0.25, 0.3) is 0 Å². The first kappa shape index (κ1) is 19.2. The predicted octanol–water partition coefficient (Wildman–Crippen LogP) is 2.68. The summed E-state index contributed by atoms with van der Waals surface area (Å²) in [6.45, 7) is 0. The highest BCUT2D eigenvalue weighted by molar-refractivity contribution is 5.83. The van der Waals surface area contributed by atoms with Gasteiger partial charge in [0.2, 0.25) is 11.8 Å². The Labute approximate surface area is 146 Å². The molecular formula is C19H35N3O2. The van der Waals surface area contributed by atoms with Crippen molar-refractivity contribution in [1.82, 2.24) is 9.80 Å². The Bertz CT molecular complexity index is 415. The summed E-state index contributed by atoms with van der Waals surface area (Å²) >= 11 is 0. The van der Waals surface area contributed by atoms with Crippen LogP contribution in [0.4, 0.5) is 0 Å². The number of carbonyl (C=O) groups is 2. The third-order valence-electron chi connectivity index (χ3n) is 5.97. The standard InChI is InChI=1S/C19H35N3O2/c1-21(15-9-5-3-6-10-15)18(23)14-13-17(20)19(24)22(2)16-11-7-4-8-12-16/h15-17H,3-14,20H2,1-2H3/t17-/m0/s1. The van der Waals surface area contributed by atoms with E-state index in [1.54, 1.807) is 0 Å². The summed E-state index contributed by atoms with van der Waals surface area (Å²) in [5, 5.41) is 0. The topological polar surface area (TPSA) is 66.6 Å². The first-order valence-corrected chi connectivity index (χ1v) is 9.78. The summed E-state index contributed by atoms with van der Waals surface area (Å²) in [5.74, 6) is 0.125. The second-order valence-electron chi connectivity index (χ2n) is 7.68. The van der Waals surface area contributed by atoms with Gasteiger partial charge in [0.25, 0.3) is 0 Å². The largest absolute Gasteiger partial charge is 0.343 e. The van der Waals surface area contributed by atoms with Crippen LogP contribution in [-0.2, 0) is 9.59 Å². The Balaban J connectivity index is 1.75. The van der Waals surface area contributed by atoms with E-state index in [0.717, 1.165) is 25.7 Å². The van der Waals surface area contributed by atoms with Crippen LogP contribution in [0, 0.1) is 0 Å². The van der Waals surface area contributed by atoms with Gasteiger partial charge in [-0.05, 0) is 32.1 Å². The summed E-state index contributed by atoms with van der Waals surface area (Å²) in [4.78, 5) is 28.6. The van der Waals surface area contributed by atoms with Crippen molar-refractivity contribution in [2.45, 2.75) is 95.2 Å². The lowest BCUT2D eigenvalue weighted by Gasteiger charge is -2.33. The molecule has 0 aromatic heterocycles. The Kier molecular flexibility index (Phi) is 7.53. The maximum Gasteiger partial charge on any atom is 0.239 e. The smallest absolute Gasteiger partial charge is 0.239 e. The molecule has 2 rings (SSSR count). The van der Waals surface area contributed by atoms with E-state index in [1.165, 1.54) is 38.5 Å². The second-order valence-corrected chi connectivity index (χ2v) is 7.68. The van der Waals surface area contributed by atoms with Gasteiger partial charge in [0.1, 0.15) is 0 Å². The molecule has 0 spiro atoms. The third kappa shape index (κ3) is 5.20. The lowest BCUT2D eigenvalue weighted by molar-refractivity contribution is -0.135. The maximum atomic E-state index is 12.5. The van der Waals surface area contributed by atoms with E-state index in [9.17, 15) is 9.59 Å². The Morgan fingerprint density at radius 3 is 1.83 bits per heavy atom. The molecule has 2 amide bonds. The lowest BCUT2D eigenvalue weighted by atomic mass is 9.93.